The van der Waals surface area contributed by atoms with Gasteiger partial charge in [0.15, 0.2) is 0 Å². The van der Waals surface area contributed by atoms with Crippen molar-refractivity contribution in [2.75, 3.05) is 38.2 Å². The summed E-state index contributed by atoms with van der Waals surface area (Å²) in [6, 6.07) is 6.37. The van der Waals surface area contributed by atoms with Crippen molar-refractivity contribution in [2.24, 2.45) is 0 Å². The second kappa shape index (κ2) is 6.98. The quantitative estimate of drug-likeness (QED) is 0.760. The summed E-state index contributed by atoms with van der Waals surface area (Å²) in [5, 5.41) is 0. The Morgan fingerprint density at radius 3 is 2.00 bits per heavy atom. The zero-order chi connectivity index (χ0) is 20.0. The molecule has 6 heteroatoms. The van der Waals surface area contributed by atoms with Crippen molar-refractivity contribution in [3.05, 3.63) is 18.2 Å². The largest absolute Gasteiger partial charge is 0.498 e. The van der Waals surface area contributed by atoms with Crippen molar-refractivity contribution >= 4 is 18.3 Å². The van der Waals surface area contributed by atoms with Gasteiger partial charge in [-0.05, 0) is 54.5 Å². The third-order valence-corrected chi connectivity index (χ3v) is 6.32. The molecule has 2 fully saturated rings. The average molecular weight is 374 g/mol. The SMILES string of the molecule is COc1cc(N2CCN(C(C)(C)C)CC2)ccc1B1OC(C)(C)C(C)(C)O1. The first kappa shape index (κ1) is 20.5. The molecule has 27 heavy (non-hydrogen) atoms. The molecule has 0 radical (unpaired) electrons. The maximum absolute atomic E-state index is 6.21. The minimum Gasteiger partial charge on any atom is -0.497 e. The molecule has 0 aliphatic carbocycles. The Morgan fingerprint density at radius 1 is 0.963 bits per heavy atom. The van der Waals surface area contributed by atoms with E-state index in [1.807, 2.05) is 0 Å². The molecule has 1 aromatic carbocycles. The smallest absolute Gasteiger partial charge is 0.497 e. The van der Waals surface area contributed by atoms with Crippen molar-refractivity contribution in [3.8, 4) is 5.75 Å². The lowest BCUT2D eigenvalue weighted by atomic mass is 9.78. The van der Waals surface area contributed by atoms with Gasteiger partial charge in [-0.15, -0.1) is 0 Å². The topological polar surface area (TPSA) is 34.2 Å². The number of rotatable bonds is 3. The Bertz CT molecular complexity index is 660. The molecule has 0 bridgehead atoms. The highest BCUT2D eigenvalue weighted by atomic mass is 16.7. The van der Waals surface area contributed by atoms with Gasteiger partial charge >= 0.3 is 7.12 Å². The molecule has 0 saturated carbocycles. The number of piperazine rings is 1. The number of hydrogen-bond acceptors (Lipinski definition) is 5. The summed E-state index contributed by atoms with van der Waals surface area (Å²) in [6.07, 6.45) is 0. The van der Waals surface area contributed by atoms with Crippen LogP contribution in [0.3, 0.4) is 0 Å². The fourth-order valence-electron chi connectivity index (χ4n) is 3.70. The summed E-state index contributed by atoms with van der Waals surface area (Å²) in [7, 11) is 1.31. The van der Waals surface area contributed by atoms with Crippen molar-refractivity contribution in [1.82, 2.24) is 4.90 Å². The van der Waals surface area contributed by atoms with Crippen LogP contribution in [0.4, 0.5) is 5.69 Å². The van der Waals surface area contributed by atoms with E-state index in [1.54, 1.807) is 7.11 Å². The minimum atomic E-state index is -0.406. The molecule has 2 aliphatic rings. The molecule has 0 amide bonds. The standard InChI is InChI=1S/C21H35BN2O3/c1-19(2,3)24-13-11-23(12-14-24)16-9-10-17(18(15-16)25-8)22-26-20(4,5)21(6,7)27-22/h9-10,15H,11-14H2,1-8H3. The third kappa shape index (κ3) is 3.98. The van der Waals surface area contributed by atoms with Gasteiger partial charge in [0.05, 0.1) is 18.3 Å². The van der Waals surface area contributed by atoms with Crippen LogP contribution in [-0.2, 0) is 9.31 Å². The fraction of sp³-hybridized carbons (Fsp3) is 0.714. The van der Waals surface area contributed by atoms with Gasteiger partial charge in [0.2, 0.25) is 0 Å². The van der Waals surface area contributed by atoms with Crippen molar-refractivity contribution in [1.29, 1.82) is 0 Å². The van der Waals surface area contributed by atoms with Crippen molar-refractivity contribution in [2.45, 2.75) is 65.2 Å². The molecule has 0 atom stereocenters. The minimum absolute atomic E-state index is 0.227. The van der Waals surface area contributed by atoms with Gasteiger partial charge in [-0.25, -0.2) is 0 Å². The second-order valence-corrected chi connectivity index (χ2v) is 9.66. The Kier molecular flexibility index (Phi) is 5.30. The third-order valence-electron chi connectivity index (χ3n) is 6.32. The predicted octanol–water partition coefficient (Wildman–Crippen LogP) is 2.91. The molecule has 2 saturated heterocycles. The lowest BCUT2D eigenvalue weighted by Crippen LogP contribution is -2.53. The first-order chi connectivity index (χ1) is 12.4. The van der Waals surface area contributed by atoms with E-state index < -0.39 is 7.12 Å². The highest BCUT2D eigenvalue weighted by molar-refractivity contribution is 6.63. The predicted molar refractivity (Wildman–Crippen MR) is 112 cm³/mol. The second-order valence-electron chi connectivity index (χ2n) is 9.66. The van der Waals surface area contributed by atoms with Gasteiger partial charge in [0, 0.05) is 48.9 Å². The number of benzene rings is 1. The summed E-state index contributed by atoms with van der Waals surface area (Å²) in [5.41, 5.74) is 1.66. The van der Waals surface area contributed by atoms with Crippen molar-refractivity contribution < 1.29 is 14.0 Å². The van der Waals surface area contributed by atoms with Gasteiger partial charge in [-0.1, -0.05) is 6.07 Å². The Hall–Kier alpha value is -1.24. The van der Waals surface area contributed by atoms with E-state index in [0.717, 1.165) is 37.4 Å². The first-order valence-electron chi connectivity index (χ1n) is 9.98. The number of anilines is 1. The Balaban J connectivity index is 1.76. The number of ether oxygens (including phenoxy) is 1. The monoisotopic (exact) mass is 374 g/mol. The highest BCUT2D eigenvalue weighted by Gasteiger charge is 2.52. The van der Waals surface area contributed by atoms with Crippen molar-refractivity contribution in [3.63, 3.8) is 0 Å². The van der Waals surface area contributed by atoms with E-state index in [2.05, 4.69) is 76.5 Å². The van der Waals surface area contributed by atoms with Crippen LogP contribution >= 0.6 is 0 Å². The Morgan fingerprint density at radius 2 is 1.52 bits per heavy atom. The lowest BCUT2D eigenvalue weighted by Gasteiger charge is -2.43. The average Bonchev–Trinajstić information content (AvgIpc) is 2.81. The summed E-state index contributed by atoms with van der Waals surface area (Å²) in [4.78, 5) is 4.97. The van der Waals surface area contributed by atoms with E-state index in [9.17, 15) is 0 Å². The zero-order valence-corrected chi connectivity index (χ0v) is 18.3. The molecule has 0 N–H and O–H groups in total. The van der Waals surface area contributed by atoms with Gasteiger partial charge in [-0.2, -0.15) is 0 Å². The summed E-state index contributed by atoms with van der Waals surface area (Å²) < 4.78 is 18.1. The number of nitrogens with zero attached hydrogens (tertiary/aromatic N) is 2. The molecule has 0 unspecified atom stereocenters. The number of hydrogen-bond donors (Lipinski definition) is 0. The van der Waals surface area contributed by atoms with Crippen LogP contribution in [0, 0.1) is 0 Å². The highest BCUT2D eigenvalue weighted by Crippen LogP contribution is 2.37. The van der Waals surface area contributed by atoms with E-state index in [4.69, 9.17) is 14.0 Å². The van der Waals surface area contributed by atoms with Gasteiger partial charge in [0.1, 0.15) is 5.75 Å². The molecule has 5 nitrogen and oxygen atoms in total. The van der Waals surface area contributed by atoms with Gasteiger partial charge < -0.3 is 18.9 Å². The van der Waals surface area contributed by atoms with E-state index in [1.165, 1.54) is 5.69 Å². The zero-order valence-electron chi connectivity index (χ0n) is 18.3. The van der Waals surface area contributed by atoms with Crippen LogP contribution in [0.1, 0.15) is 48.5 Å². The van der Waals surface area contributed by atoms with Crippen LogP contribution in [0.15, 0.2) is 18.2 Å². The van der Waals surface area contributed by atoms with Crippen LogP contribution in [0.2, 0.25) is 0 Å². The van der Waals surface area contributed by atoms with E-state index >= 15 is 0 Å². The maximum atomic E-state index is 6.21. The first-order valence-corrected chi connectivity index (χ1v) is 9.98. The molecule has 0 aromatic heterocycles. The van der Waals surface area contributed by atoms with Crippen LogP contribution in [0.5, 0.6) is 5.75 Å². The van der Waals surface area contributed by atoms with E-state index in [-0.39, 0.29) is 16.7 Å². The maximum Gasteiger partial charge on any atom is 0.498 e. The van der Waals surface area contributed by atoms with Gasteiger partial charge in [-0.3, -0.25) is 4.90 Å². The fourth-order valence-corrected chi connectivity index (χ4v) is 3.70. The van der Waals surface area contributed by atoms with Gasteiger partial charge in [0.25, 0.3) is 0 Å². The molecule has 1 aromatic rings. The normalized spacial score (nSPS) is 23.0. The molecular weight excluding hydrogens is 339 g/mol. The molecule has 3 rings (SSSR count). The van der Waals surface area contributed by atoms with Crippen LogP contribution in [-0.4, -0.2) is 62.0 Å². The van der Waals surface area contributed by atoms with E-state index in [0.29, 0.717) is 0 Å². The van der Waals surface area contributed by atoms with Crippen LogP contribution in [0.25, 0.3) is 0 Å². The van der Waals surface area contributed by atoms with Crippen LogP contribution < -0.4 is 15.1 Å². The molecule has 150 valence electrons. The Labute approximate surface area is 165 Å². The lowest BCUT2D eigenvalue weighted by molar-refractivity contribution is 0.00578. The summed E-state index contributed by atoms with van der Waals surface area (Å²) in [5.74, 6) is 0.823. The molecule has 2 heterocycles. The molecule has 0 spiro atoms. The molecular formula is C21H35BN2O3. The molecule has 2 aliphatic heterocycles. The summed E-state index contributed by atoms with van der Waals surface area (Å²) >= 11 is 0. The number of methoxy groups -OCH3 is 1. The summed E-state index contributed by atoms with van der Waals surface area (Å²) in [6.45, 7) is 19.3.